The number of carbonyl (C=O) groups excluding carboxylic acids is 1. The van der Waals surface area contributed by atoms with E-state index in [0.717, 1.165) is 0 Å². The molecule has 0 spiro atoms. The highest BCUT2D eigenvalue weighted by atomic mass is 35.5. The van der Waals surface area contributed by atoms with E-state index in [0.29, 0.717) is 39.6 Å². The molecular weight excluding hydrogens is 435 g/mol. The first kappa shape index (κ1) is 19.6. The summed E-state index contributed by atoms with van der Waals surface area (Å²) in [7, 11) is 0. The van der Waals surface area contributed by atoms with E-state index < -0.39 is 5.97 Å². The van der Waals surface area contributed by atoms with E-state index in [2.05, 4.69) is 10.2 Å². The lowest BCUT2D eigenvalue weighted by molar-refractivity contribution is 0.0696. The average Bonchev–Trinajstić information content (AvgIpc) is 3.11. The molecule has 1 heterocycles. The van der Waals surface area contributed by atoms with Crippen molar-refractivity contribution in [2.45, 2.75) is 6.42 Å². The Morgan fingerprint density at radius 2 is 1.62 bits per heavy atom. The van der Waals surface area contributed by atoms with Crippen LogP contribution in [0.2, 0.25) is 15.1 Å². The Morgan fingerprint density at radius 1 is 0.966 bits per heavy atom. The van der Waals surface area contributed by atoms with Crippen LogP contribution in [0.4, 0.5) is 0 Å². The van der Waals surface area contributed by atoms with E-state index in [1.807, 2.05) is 6.08 Å². The molecule has 1 aliphatic carbocycles. The minimum atomic E-state index is -1.02. The van der Waals surface area contributed by atoms with Gasteiger partial charge in [-0.15, -0.1) is 5.10 Å². The van der Waals surface area contributed by atoms with Crippen molar-refractivity contribution in [1.82, 2.24) is 0 Å². The van der Waals surface area contributed by atoms with Crippen LogP contribution in [-0.2, 0) is 0 Å². The highest BCUT2D eigenvalue weighted by molar-refractivity contribution is 6.45. The molecule has 2 aromatic rings. The van der Waals surface area contributed by atoms with Gasteiger partial charge in [0.25, 0.3) is 0 Å². The van der Waals surface area contributed by atoms with Crippen LogP contribution >= 0.6 is 34.8 Å². The van der Waals surface area contributed by atoms with Crippen molar-refractivity contribution >= 4 is 58.0 Å². The molecule has 8 heteroatoms. The monoisotopic (exact) mass is 444 g/mol. The number of carboxylic acid groups (broad SMARTS) is 1. The number of allylic oxidation sites excluding steroid dienone is 4. The summed E-state index contributed by atoms with van der Waals surface area (Å²) in [5, 5.41) is 18.2. The normalized spacial score (nSPS) is 15.1. The molecule has 29 heavy (non-hydrogen) atoms. The van der Waals surface area contributed by atoms with E-state index in [1.165, 1.54) is 24.3 Å². The van der Waals surface area contributed by atoms with Crippen molar-refractivity contribution in [3.63, 3.8) is 0 Å². The number of benzene rings is 2. The van der Waals surface area contributed by atoms with Gasteiger partial charge in [-0.25, -0.2) is 4.79 Å². The number of hydrogen-bond donors (Lipinski definition) is 1. The highest BCUT2D eigenvalue weighted by Crippen LogP contribution is 2.34. The first-order chi connectivity index (χ1) is 13.9. The Morgan fingerprint density at radius 3 is 2.24 bits per heavy atom. The predicted molar refractivity (Wildman–Crippen MR) is 114 cm³/mol. The predicted octanol–water partition coefficient (Wildman–Crippen LogP) is 5.64. The van der Waals surface area contributed by atoms with Crippen molar-refractivity contribution in [3.8, 4) is 0 Å². The zero-order valence-corrected chi connectivity index (χ0v) is 16.9. The number of ketones is 1. The van der Waals surface area contributed by atoms with Crippen molar-refractivity contribution in [1.29, 1.82) is 0 Å². The summed E-state index contributed by atoms with van der Waals surface area (Å²) < 4.78 is 0. The third-order valence-electron chi connectivity index (χ3n) is 4.55. The largest absolute Gasteiger partial charge is 0.478 e. The van der Waals surface area contributed by atoms with Gasteiger partial charge in [0.05, 0.1) is 26.9 Å². The van der Waals surface area contributed by atoms with Crippen LogP contribution in [0.3, 0.4) is 0 Å². The fraction of sp³-hybridized carbons (Fsp3) is 0.0476. The zero-order chi connectivity index (χ0) is 20.7. The van der Waals surface area contributed by atoms with Gasteiger partial charge in [0.15, 0.2) is 5.78 Å². The molecule has 0 radical (unpaired) electrons. The average molecular weight is 446 g/mol. The molecule has 0 saturated heterocycles. The van der Waals surface area contributed by atoms with Crippen LogP contribution in [0, 0.1) is 0 Å². The number of rotatable bonds is 4. The number of hydrogen-bond acceptors (Lipinski definition) is 4. The fourth-order valence-electron chi connectivity index (χ4n) is 3.20. The first-order valence-corrected chi connectivity index (χ1v) is 9.59. The minimum Gasteiger partial charge on any atom is -0.478 e. The molecule has 0 bridgehead atoms. The van der Waals surface area contributed by atoms with Crippen molar-refractivity contribution in [3.05, 3.63) is 91.5 Å². The summed E-state index contributed by atoms with van der Waals surface area (Å²) in [4.78, 5) is 24.4. The maximum Gasteiger partial charge on any atom is 0.335 e. The summed E-state index contributed by atoms with van der Waals surface area (Å²) in [5.74, 6) is -1.39. The van der Waals surface area contributed by atoms with Gasteiger partial charge in [-0.05, 0) is 24.3 Å². The van der Waals surface area contributed by atoms with E-state index in [4.69, 9.17) is 39.9 Å². The Kier molecular flexibility index (Phi) is 5.13. The molecule has 5 nitrogen and oxygen atoms in total. The minimum absolute atomic E-state index is 0.151. The van der Waals surface area contributed by atoms with Gasteiger partial charge < -0.3 is 5.11 Å². The molecular formula is C21H11Cl3N2O3. The lowest BCUT2D eigenvalue weighted by Crippen LogP contribution is -2.19. The molecule has 0 amide bonds. The van der Waals surface area contributed by atoms with Gasteiger partial charge >= 0.3 is 5.97 Å². The van der Waals surface area contributed by atoms with E-state index >= 15 is 0 Å². The van der Waals surface area contributed by atoms with Gasteiger partial charge in [-0.3, -0.25) is 4.79 Å². The summed E-state index contributed by atoms with van der Waals surface area (Å²) in [6.45, 7) is 0. The van der Waals surface area contributed by atoms with Crippen molar-refractivity contribution in [2.24, 2.45) is 10.2 Å². The van der Waals surface area contributed by atoms with Gasteiger partial charge in [-0.2, -0.15) is 5.10 Å². The summed E-state index contributed by atoms with van der Waals surface area (Å²) >= 11 is 18.4. The third-order valence-corrected chi connectivity index (χ3v) is 5.36. The standard InChI is InChI=1S/C21H11Cl3N2O3/c22-12-8-14(23)18(15(24)9-12)20(27)13-2-1-3-16-17(13)19(26-25-16)10-4-6-11(7-5-10)21(28)29/h1-2,4-9H,3H2,(H,28,29). The van der Waals surface area contributed by atoms with Gasteiger partial charge in [0, 0.05) is 28.2 Å². The molecule has 1 N–H and O–H groups in total. The van der Waals surface area contributed by atoms with Crippen LogP contribution in [0.1, 0.15) is 32.7 Å². The van der Waals surface area contributed by atoms with E-state index in [1.54, 1.807) is 18.2 Å². The molecule has 0 atom stereocenters. The molecule has 1 aliphatic heterocycles. The molecule has 0 unspecified atom stereocenters. The molecule has 2 aromatic carbocycles. The van der Waals surface area contributed by atoms with Gasteiger partial charge in [0.1, 0.15) is 5.71 Å². The SMILES string of the molecule is O=C(O)c1ccc(C2=NN=C3CC=CC(C(=O)c4c(Cl)cc(Cl)cc4Cl)=C32)cc1. The maximum atomic E-state index is 13.3. The highest BCUT2D eigenvalue weighted by Gasteiger charge is 2.31. The summed E-state index contributed by atoms with van der Waals surface area (Å²) in [6.07, 6.45) is 4.04. The topological polar surface area (TPSA) is 79.1 Å². The summed E-state index contributed by atoms with van der Waals surface area (Å²) in [5.41, 5.74) is 3.04. The first-order valence-electron chi connectivity index (χ1n) is 8.46. The third kappa shape index (κ3) is 3.53. The van der Waals surface area contributed by atoms with Crippen LogP contribution in [0.25, 0.3) is 0 Å². The van der Waals surface area contributed by atoms with Crippen LogP contribution in [-0.4, -0.2) is 28.3 Å². The Bertz CT molecular complexity index is 1170. The fourth-order valence-corrected chi connectivity index (χ4v) is 4.19. The second-order valence-corrected chi connectivity index (χ2v) is 7.60. The Labute approximate surface area is 180 Å². The number of aromatic carboxylic acids is 1. The molecule has 4 rings (SSSR count). The number of carbonyl (C=O) groups is 2. The molecule has 0 saturated carbocycles. The second-order valence-electron chi connectivity index (χ2n) is 6.35. The van der Waals surface area contributed by atoms with Crippen LogP contribution < -0.4 is 0 Å². The van der Waals surface area contributed by atoms with E-state index in [-0.39, 0.29) is 27.0 Å². The molecule has 2 aliphatic rings. The van der Waals surface area contributed by atoms with Gasteiger partial charge in [-0.1, -0.05) is 59.1 Å². The van der Waals surface area contributed by atoms with Crippen LogP contribution in [0.5, 0.6) is 0 Å². The summed E-state index contributed by atoms with van der Waals surface area (Å²) in [6, 6.07) is 9.15. The molecule has 0 aromatic heterocycles. The lowest BCUT2D eigenvalue weighted by Gasteiger charge is -2.16. The quantitative estimate of drug-likeness (QED) is 0.618. The van der Waals surface area contributed by atoms with Crippen molar-refractivity contribution < 1.29 is 14.7 Å². The number of fused-ring (bicyclic) bond motifs is 1. The van der Waals surface area contributed by atoms with Gasteiger partial charge in [0.2, 0.25) is 0 Å². The van der Waals surface area contributed by atoms with Crippen molar-refractivity contribution in [2.75, 3.05) is 0 Å². The second kappa shape index (κ2) is 7.59. The molecule has 0 fully saturated rings. The maximum absolute atomic E-state index is 13.3. The lowest BCUT2D eigenvalue weighted by atomic mass is 9.86. The number of carboxylic acids is 1. The van der Waals surface area contributed by atoms with Crippen LogP contribution in [0.15, 0.2) is 69.9 Å². The number of Topliss-reactive ketones (excluding diaryl/α,β-unsaturated/α-hetero) is 1. The Balaban J connectivity index is 1.82. The molecule has 144 valence electrons. The number of nitrogens with zero attached hydrogens (tertiary/aromatic N) is 2. The smallest absolute Gasteiger partial charge is 0.335 e. The van der Waals surface area contributed by atoms with E-state index in [9.17, 15) is 9.59 Å². The zero-order valence-electron chi connectivity index (χ0n) is 14.6. The Hall–Kier alpha value is -2.73. The number of halogens is 3.